The van der Waals surface area contributed by atoms with Gasteiger partial charge in [0.25, 0.3) is 0 Å². The summed E-state index contributed by atoms with van der Waals surface area (Å²) in [6.45, 7) is 0.751. The van der Waals surface area contributed by atoms with Gasteiger partial charge in [0.15, 0.2) is 0 Å². The Kier molecular flexibility index (Phi) is 3.97. The quantitative estimate of drug-likeness (QED) is 0.927. The Labute approximate surface area is 112 Å². The lowest BCUT2D eigenvalue weighted by molar-refractivity contribution is 0.829. The van der Waals surface area contributed by atoms with Crippen LogP contribution < -0.4 is 5.32 Å². The van der Waals surface area contributed by atoms with E-state index >= 15 is 0 Å². The van der Waals surface area contributed by atoms with E-state index in [4.69, 9.17) is 11.6 Å². The first kappa shape index (κ1) is 12.0. The lowest BCUT2D eigenvalue weighted by atomic mass is 10.2. The highest BCUT2D eigenvalue weighted by Crippen LogP contribution is 2.34. The van der Waals surface area contributed by atoms with Gasteiger partial charge in [-0.3, -0.25) is 0 Å². The van der Waals surface area contributed by atoms with Crippen molar-refractivity contribution >= 4 is 38.9 Å². The van der Waals surface area contributed by atoms with Crippen LogP contribution in [0.1, 0.15) is 4.88 Å². The minimum absolute atomic E-state index is 0.588. The zero-order valence-corrected chi connectivity index (χ0v) is 11.8. The molecule has 0 saturated carbocycles. The van der Waals surface area contributed by atoms with Crippen LogP contribution in [-0.4, -0.2) is 12.0 Å². The summed E-state index contributed by atoms with van der Waals surface area (Å²) in [4.78, 5) is 5.44. The molecule has 1 aromatic heterocycles. The van der Waals surface area contributed by atoms with Gasteiger partial charge in [-0.1, -0.05) is 45.7 Å². The van der Waals surface area contributed by atoms with Gasteiger partial charge in [-0.2, -0.15) is 0 Å². The number of nitrogens with zero attached hydrogens (tertiary/aromatic N) is 1. The van der Waals surface area contributed by atoms with E-state index in [9.17, 15) is 0 Å². The van der Waals surface area contributed by atoms with Gasteiger partial charge >= 0.3 is 0 Å². The highest BCUT2D eigenvalue weighted by molar-refractivity contribution is 9.10. The summed E-state index contributed by atoms with van der Waals surface area (Å²) >= 11 is 11.2. The first-order valence-electron chi connectivity index (χ1n) is 4.77. The standard InChI is InChI=1S/C11H10BrClN2S/c1-14-6-9-10(13)15-11(16-9)7-4-2-3-5-8(7)12/h2-5,14H,6H2,1H3. The van der Waals surface area contributed by atoms with E-state index in [1.165, 1.54) is 0 Å². The molecule has 0 saturated heterocycles. The van der Waals surface area contributed by atoms with Gasteiger partial charge in [0.2, 0.25) is 0 Å². The van der Waals surface area contributed by atoms with Crippen molar-refractivity contribution in [2.45, 2.75) is 6.54 Å². The first-order chi connectivity index (χ1) is 7.72. The third-order valence-corrected chi connectivity index (χ3v) is 4.30. The predicted octanol–water partition coefficient (Wildman–Crippen LogP) is 3.95. The number of halogens is 2. The topological polar surface area (TPSA) is 24.9 Å². The second-order valence-corrected chi connectivity index (χ2v) is 5.54. The fourth-order valence-electron chi connectivity index (χ4n) is 1.35. The van der Waals surface area contributed by atoms with Crippen LogP contribution in [0.3, 0.4) is 0 Å². The van der Waals surface area contributed by atoms with Crippen molar-refractivity contribution in [2.24, 2.45) is 0 Å². The Hall–Kier alpha value is -0.420. The lowest BCUT2D eigenvalue weighted by Gasteiger charge is -1.98. The van der Waals surface area contributed by atoms with Crippen LogP contribution >= 0.6 is 38.9 Å². The zero-order chi connectivity index (χ0) is 11.5. The molecule has 0 aliphatic rings. The highest BCUT2D eigenvalue weighted by Gasteiger charge is 2.11. The van der Waals surface area contributed by atoms with Crippen LogP contribution in [0.15, 0.2) is 28.7 Å². The summed E-state index contributed by atoms with van der Waals surface area (Å²) in [5.74, 6) is 0. The summed E-state index contributed by atoms with van der Waals surface area (Å²) in [6, 6.07) is 8.01. The molecule has 84 valence electrons. The van der Waals surface area contributed by atoms with Crippen LogP contribution in [0.5, 0.6) is 0 Å². The Morgan fingerprint density at radius 3 is 2.88 bits per heavy atom. The van der Waals surface area contributed by atoms with Gasteiger partial charge in [0, 0.05) is 16.6 Å². The molecule has 0 atom stereocenters. The summed E-state index contributed by atoms with van der Waals surface area (Å²) < 4.78 is 1.04. The van der Waals surface area contributed by atoms with E-state index in [1.54, 1.807) is 11.3 Å². The fraction of sp³-hybridized carbons (Fsp3) is 0.182. The molecule has 1 N–H and O–H groups in total. The normalized spacial score (nSPS) is 10.7. The molecule has 2 aromatic rings. The van der Waals surface area contributed by atoms with Crippen molar-refractivity contribution in [3.05, 3.63) is 38.8 Å². The molecular weight excluding hydrogens is 308 g/mol. The third kappa shape index (κ3) is 2.46. The molecule has 0 spiro atoms. The van der Waals surface area contributed by atoms with Crippen molar-refractivity contribution in [2.75, 3.05) is 7.05 Å². The van der Waals surface area contributed by atoms with Crippen molar-refractivity contribution in [1.29, 1.82) is 0 Å². The number of benzene rings is 1. The van der Waals surface area contributed by atoms with Crippen molar-refractivity contribution in [3.8, 4) is 10.6 Å². The molecule has 0 aliphatic carbocycles. The maximum Gasteiger partial charge on any atom is 0.145 e. The molecule has 1 heterocycles. The highest BCUT2D eigenvalue weighted by atomic mass is 79.9. The maximum absolute atomic E-state index is 6.07. The largest absolute Gasteiger partial charge is 0.315 e. The number of thiazole rings is 1. The summed E-state index contributed by atoms with van der Waals surface area (Å²) in [7, 11) is 1.90. The monoisotopic (exact) mass is 316 g/mol. The molecule has 0 bridgehead atoms. The minimum atomic E-state index is 0.588. The van der Waals surface area contributed by atoms with E-state index in [0.717, 1.165) is 26.5 Å². The zero-order valence-electron chi connectivity index (χ0n) is 8.63. The van der Waals surface area contributed by atoms with Crippen LogP contribution in [0.2, 0.25) is 5.15 Å². The van der Waals surface area contributed by atoms with Crippen molar-refractivity contribution < 1.29 is 0 Å². The molecule has 0 aliphatic heterocycles. The predicted molar refractivity (Wildman–Crippen MR) is 73.0 cm³/mol. The first-order valence-corrected chi connectivity index (χ1v) is 6.76. The molecular formula is C11H10BrClN2S. The van der Waals surface area contributed by atoms with Gasteiger partial charge in [-0.05, 0) is 13.1 Å². The Morgan fingerprint density at radius 2 is 2.19 bits per heavy atom. The number of rotatable bonds is 3. The van der Waals surface area contributed by atoms with Crippen molar-refractivity contribution in [3.63, 3.8) is 0 Å². The van der Waals surface area contributed by atoms with Crippen LogP contribution in [0.25, 0.3) is 10.6 Å². The van der Waals surface area contributed by atoms with Gasteiger partial charge in [0.05, 0.1) is 4.88 Å². The molecule has 0 amide bonds. The lowest BCUT2D eigenvalue weighted by Crippen LogP contribution is -2.03. The molecule has 16 heavy (non-hydrogen) atoms. The average Bonchev–Trinajstić information content (AvgIpc) is 2.61. The molecule has 0 unspecified atom stereocenters. The smallest absolute Gasteiger partial charge is 0.145 e. The molecule has 1 aromatic carbocycles. The fourth-order valence-corrected chi connectivity index (χ4v) is 3.28. The van der Waals surface area contributed by atoms with E-state index < -0.39 is 0 Å². The number of aromatic nitrogens is 1. The summed E-state index contributed by atoms with van der Waals surface area (Å²) in [6.07, 6.45) is 0. The Balaban J connectivity index is 2.42. The molecule has 2 nitrogen and oxygen atoms in total. The summed E-state index contributed by atoms with van der Waals surface area (Å²) in [5, 5.41) is 4.61. The van der Waals surface area contributed by atoms with Crippen LogP contribution in [0, 0.1) is 0 Å². The second kappa shape index (κ2) is 5.27. The van der Waals surface area contributed by atoms with Gasteiger partial charge in [0.1, 0.15) is 10.2 Å². The average molecular weight is 318 g/mol. The van der Waals surface area contributed by atoms with E-state index in [-0.39, 0.29) is 0 Å². The van der Waals surface area contributed by atoms with Crippen molar-refractivity contribution in [1.82, 2.24) is 10.3 Å². The summed E-state index contributed by atoms with van der Waals surface area (Å²) in [5.41, 5.74) is 1.08. The van der Waals surface area contributed by atoms with Gasteiger partial charge in [-0.15, -0.1) is 11.3 Å². The number of nitrogens with one attached hydrogen (secondary N) is 1. The van der Waals surface area contributed by atoms with E-state index in [0.29, 0.717) is 5.15 Å². The Bertz CT molecular complexity index is 498. The molecule has 0 fully saturated rings. The number of hydrogen-bond acceptors (Lipinski definition) is 3. The second-order valence-electron chi connectivity index (χ2n) is 3.24. The van der Waals surface area contributed by atoms with Crippen LogP contribution in [-0.2, 0) is 6.54 Å². The SMILES string of the molecule is CNCc1sc(-c2ccccc2Br)nc1Cl. The van der Waals surface area contributed by atoms with Gasteiger partial charge < -0.3 is 5.32 Å². The van der Waals surface area contributed by atoms with E-state index in [1.807, 2.05) is 31.3 Å². The number of hydrogen-bond donors (Lipinski definition) is 1. The maximum atomic E-state index is 6.07. The third-order valence-electron chi connectivity index (χ3n) is 2.09. The van der Waals surface area contributed by atoms with E-state index in [2.05, 4.69) is 26.2 Å². The molecule has 5 heteroatoms. The van der Waals surface area contributed by atoms with Crippen LogP contribution in [0.4, 0.5) is 0 Å². The minimum Gasteiger partial charge on any atom is -0.315 e. The Morgan fingerprint density at radius 1 is 1.44 bits per heavy atom. The van der Waals surface area contributed by atoms with Gasteiger partial charge in [-0.25, -0.2) is 4.98 Å². The molecule has 2 rings (SSSR count). The molecule has 0 radical (unpaired) electrons.